The van der Waals surface area contributed by atoms with Crippen LogP contribution in [0.4, 0.5) is 4.39 Å². The summed E-state index contributed by atoms with van der Waals surface area (Å²) in [5.41, 5.74) is 0.748. The van der Waals surface area contributed by atoms with E-state index in [0.717, 1.165) is 24.1 Å². The second-order valence-electron chi connectivity index (χ2n) is 5.48. The van der Waals surface area contributed by atoms with Crippen LogP contribution in [0.15, 0.2) is 24.3 Å². The van der Waals surface area contributed by atoms with E-state index in [2.05, 4.69) is 11.4 Å². The number of nitrogens with one attached hydrogen (secondary N) is 1. The van der Waals surface area contributed by atoms with Gasteiger partial charge in [0.1, 0.15) is 5.67 Å². The van der Waals surface area contributed by atoms with E-state index < -0.39 is 5.67 Å². The average Bonchev–Trinajstić information content (AvgIpc) is 2.30. The van der Waals surface area contributed by atoms with Crippen LogP contribution in [-0.4, -0.2) is 12.6 Å². The van der Waals surface area contributed by atoms with Gasteiger partial charge >= 0.3 is 0 Å². The van der Waals surface area contributed by atoms with Gasteiger partial charge in [0.2, 0.25) is 0 Å². The zero-order valence-electron chi connectivity index (χ0n) is 10.8. The molecule has 0 amide bonds. The maximum Gasteiger partial charge on any atom is 0.130 e. The fourth-order valence-electron chi connectivity index (χ4n) is 2.64. The van der Waals surface area contributed by atoms with Gasteiger partial charge in [-0.1, -0.05) is 30.7 Å². The molecule has 0 bridgehead atoms. The lowest BCUT2D eigenvalue weighted by atomic mass is 9.89. The highest BCUT2D eigenvalue weighted by Gasteiger charge is 2.23. The first kappa shape index (κ1) is 12.6. The van der Waals surface area contributed by atoms with Gasteiger partial charge in [-0.25, -0.2) is 4.39 Å². The highest BCUT2D eigenvalue weighted by atomic mass is 19.1. The standard InChI is InChI=1S/C15H22FN/c1-15(2,16)14-9-4-3-7-12(14)11-13-8-5-6-10-17-13/h3-4,7,9,13,17H,5-6,8,10-11H2,1-2H3. The third-order valence-electron chi connectivity index (χ3n) is 3.54. The molecule has 1 aliphatic heterocycles. The molecule has 1 heterocycles. The molecule has 2 rings (SSSR count). The molecule has 17 heavy (non-hydrogen) atoms. The third-order valence-corrected chi connectivity index (χ3v) is 3.54. The van der Waals surface area contributed by atoms with Crippen LogP contribution in [0.1, 0.15) is 44.2 Å². The Balaban J connectivity index is 2.14. The fourth-order valence-corrected chi connectivity index (χ4v) is 2.64. The van der Waals surface area contributed by atoms with Crippen LogP contribution in [0.3, 0.4) is 0 Å². The number of piperidine rings is 1. The van der Waals surface area contributed by atoms with E-state index in [4.69, 9.17) is 0 Å². The summed E-state index contributed by atoms with van der Waals surface area (Å²) in [7, 11) is 0. The molecular formula is C15H22FN. The maximum atomic E-state index is 14.1. The van der Waals surface area contributed by atoms with E-state index >= 15 is 0 Å². The van der Waals surface area contributed by atoms with Crippen LogP contribution in [0.2, 0.25) is 0 Å². The Kier molecular flexibility index (Phi) is 3.82. The van der Waals surface area contributed by atoms with Gasteiger partial charge in [0.05, 0.1) is 0 Å². The molecule has 0 aromatic heterocycles. The average molecular weight is 235 g/mol. The van der Waals surface area contributed by atoms with Crippen molar-refractivity contribution in [1.29, 1.82) is 0 Å². The van der Waals surface area contributed by atoms with Crippen LogP contribution >= 0.6 is 0 Å². The molecule has 0 saturated carbocycles. The van der Waals surface area contributed by atoms with Crippen LogP contribution < -0.4 is 5.32 Å². The molecule has 2 heteroatoms. The topological polar surface area (TPSA) is 12.0 Å². The van der Waals surface area contributed by atoms with Crippen molar-refractivity contribution in [3.63, 3.8) is 0 Å². The molecule has 1 fully saturated rings. The number of benzene rings is 1. The minimum Gasteiger partial charge on any atom is -0.314 e. The second-order valence-corrected chi connectivity index (χ2v) is 5.48. The summed E-state index contributed by atoms with van der Waals surface area (Å²) >= 11 is 0. The molecule has 1 N–H and O–H groups in total. The Morgan fingerprint density at radius 2 is 2.06 bits per heavy atom. The normalized spacial score (nSPS) is 21.5. The summed E-state index contributed by atoms with van der Waals surface area (Å²) in [6.45, 7) is 4.38. The number of alkyl halides is 1. The van der Waals surface area contributed by atoms with E-state index in [1.165, 1.54) is 19.3 Å². The number of rotatable bonds is 3. The molecule has 1 nitrogen and oxygen atoms in total. The van der Waals surface area contributed by atoms with Crippen molar-refractivity contribution in [2.75, 3.05) is 6.54 Å². The number of halogens is 1. The summed E-state index contributed by atoms with van der Waals surface area (Å²) in [6, 6.07) is 8.43. The molecule has 0 aliphatic carbocycles. The highest BCUT2D eigenvalue weighted by Crippen LogP contribution is 2.29. The first-order valence-corrected chi connectivity index (χ1v) is 6.58. The van der Waals surface area contributed by atoms with Gasteiger partial charge in [0, 0.05) is 6.04 Å². The van der Waals surface area contributed by atoms with Gasteiger partial charge in [-0.05, 0) is 50.8 Å². The first-order chi connectivity index (χ1) is 8.07. The number of hydrogen-bond donors (Lipinski definition) is 1. The summed E-state index contributed by atoms with van der Waals surface area (Å²) in [4.78, 5) is 0. The van der Waals surface area contributed by atoms with Gasteiger partial charge in [-0.3, -0.25) is 0 Å². The lowest BCUT2D eigenvalue weighted by Gasteiger charge is -2.26. The van der Waals surface area contributed by atoms with Crippen molar-refractivity contribution in [2.24, 2.45) is 0 Å². The van der Waals surface area contributed by atoms with Crippen molar-refractivity contribution in [3.8, 4) is 0 Å². The molecule has 1 aromatic rings. The van der Waals surface area contributed by atoms with E-state index in [1.807, 2.05) is 18.2 Å². The van der Waals surface area contributed by atoms with Crippen molar-refractivity contribution < 1.29 is 4.39 Å². The predicted molar refractivity (Wildman–Crippen MR) is 69.9 cm³/mol. The summed E-state index contributed by atoms with van der Waals surface area (Å²) in [5, 5.41) is 3.52. The Bertz CT molecular complexity index is 361. The second kappa shape index (κ2) is 5.18. The van der Waals surface area contributed by atoms with Crippen LogP contribution in [-0.2, 0) is 12.1 Å². The Labute approximate surface area is 103 Å². The molecule has 1 aromatic carbocycles. The fraction of sp³-hybridized carbons (Fsp3) is 0.600. The van der Waals surface area contributed by atoms with Crippen molar-refractivity contribution in [1.82, 2.24) is 5.32 Å². The molecule has 1 atom stereocenters. The molecule has 1 saturated heterocycles. The molecule has 0 radical (unpaired) electrons. The quantitative estimate of drug-likeness (QED) is 0.844. The van der Waals surface area contributed by atoms with Crippen molar-refractivity contribution >= 4 is 0 Å². The third kappa shape index (κ3) is 3.29. The summed E-state index contributed by atoms with van der Waals surface area (Å²) in [6.07, 6.45) is 4.72. The monoisotopic (exact) mass is 235 g/mol. The smallest absolute Gasteiger partial charge is 0.130 e. The molecule has 0 spiro atoms. The lowest BCUT2D eigenvalue weighted by Crippen LogP contribution is -2.36. The van der Waals surface area contributed by atoms with E-state index in [9.17, 15) is 4.39 Å². The van der Waals surface area contributed by atoms with Crippen LogP contribution in [0.25, 0.3) is 0 Å². The van der Waals surface area contributed by atoms with Gasteiger partial charge in [-0.15, -0.1) is 0 Å². The lowest BCUT2D eigenvalue weighted by molar-refractivity contribution is 0.219. The zero-order chi connectivity index (χ0) is 12.3. The number of hydrogen-bond acceptors (Lipinski definition) is 1. The van der Waals surface area contributed by atoms with Gasteiger partial charge in [0.15, 0.2) is 0 Å². The minimum atomic E-state index is -1.24. The van der Waals surface area contributed by atoms with Gasteiger partial charge in [0.25, 0.3) is 0 Å². The highest BCUT2D eigenvalue weighted by molar-refractivity contribution is 5.32. The first-order valence-electron chi connectivity index (χ1n) is 6.58. The maximum absolute atomic E-state index is 14.1. The summed E-state index contributed by atoms with van der Waals surface area (Å²) < 4.78 is 14.1. The van der Waals surface area contributed by atoms with Gasteiger partial charge < -0.3 is 5.32 Å². The molecule has 1 unspecified atom stereocenters. The van der Waals surface area contributed by atoms with E-state index in [1.54, 1.807) is 13.8 Å². The van der Waals surface area contributed by atoms with E-state index in [0.29, 0.717) is 6.04 Å². The Morgan fingerprint density at radius 1 is 1.29 bits per heavy atom. The Morgan fingerprint density at radius 3 is 2.71 bits per heavy atom. The minimum absolute atomic E-state index is 0.521. The van der Waals surface area contributed by atoms with Crippen molar-refractivity contribution in [3.05, 3.63) is 35.4 Å². The van der Waals surface area contributed by atoms with Gasteiger partial charge in [-0.2, -0.15) is 0 Å². The molecular weight excluding hydrogens is 213 g/mol. The summed E-state index contributed by atoms with van der Waals surface area (Å²) in [5.74, 6) is 0. The molecule has 1 aliphatic rings. The SMILES string of the molecule is CC(C)(F)c1ccccc1CC1CCCCN1. The largest absolute Gasteiger partial charge is 0.314 e. The zero-order valence-corrected chi connectivity index (χ0v) is 10.8. The van der Waals surface area contributed by atoms with Crippen molar-refractivity contribution in [2.45, 2.75) is 51.2 Å². The van der Waals surface area contributed by atoms with Crippen LogP contribution in [0, 0.1) is 0 Å². The van der Waals surface area contributed by atoms with E-state index in [-0.39, 0.29) is 0 Å². The predicted octanol–water partition coefficient (Wildman–Crippen LogP) is 3.58. The Hall–Kier alpha value is -0.890. The van der Waals surface area contributed by atoms with Crippen LogP contribution in [0.5, 0.6) is 0 Å². The molecule has 94 valence electrons.